The second-order valence-electron chi connectivity index (χ2n) is 4.40. The van der Waals surface area contributed by atoms with Crippen LogP contribution in [0.3, 0.4) is 0 Å². The van der Waals surface area contributed by atoms with Crippen LogP contribution in [0.5, 0.6) is 0 Å². The van der Waals surface area contributed by atoms with E-state index in [2.05, 4.69) is 0 Å². The second-order valence-corrected chi connectivity index (χ2v) is 4.40. The van der Waals surface area contributed by atoms with E-state index in [1.807, 2.05) is 30.3 Å². The van der Waals surface area contributed by atoms with Crippen LogP contribution in [0.15, 0.2) is 30.3 Å². The van der Waals surface area contributed by atoms with Gasteiger partial charge in [-0.25, -0.2) is 0 Å². The van der Waals surface area contributed by atoms with Gasteiger partial charge in [-0.3, -0.25) is 4.79 Å². The number of Topliss-reactive ketones (excluding diaryl/α,β-unsaturated/α-hetero) is 1. The SMILES string of the molecule is CC(=O)[C@@H]1O[C@H](C)OC[C@H]1OCc1ccccc1. The minimum Gasteiger partial charge on any atom is -0.368 e. The van der Waals surface area contributed by atoms with E-state index in [9.17, 15) is 4.79 Å². The Bertz CT molecular complexity index is 390. The molecule has 1 heterocycles. The average molecular weight is 250 g/mol. The zero-order chi connectivity index (χ0) is 13.0. The van der Waals surface area contributed by atoms with Gasteiger partial charge in [-0.05, 0) is 19.4 Å². The highest BCUT2D eigenvalue weighted by Gasteiger charge is 2.34. The molecule has 0 radical (unpaired) electrons. The highest BCUT2D eigenvalue weighted by atomic mass is 16.7. The van der Waals surface area contributed by atoms with E-state index < -0.39 is 6.10 Å². The van der Waals surface area contributed by atoms with Gasteiger partial charge in [0.2, 0.25) is 0 Å². The molecule has 0 bridgehead atoms. The van der Waals surface area contributed by atoms with Crippen molar-refractivity contribution in [1.29, 1.82) is 0 Å². The lowest BCUT2D eigenvalue weighted by Gasteiger charge is -2.33. The highest BCUT2D eigenvalue weighted by molar-refractivity contribution is 5.81. The first kappa shape index (κ1) is 13.2. The Labute approximate surface area is 107 Å². The predicted octanol–water partition coefficient (Wildman–Crippen LogP) is 1.92. The zero-order valence-corrected chi connectivity index (χ0v) is 10.7. The second kappa shape index (κ2) is 6.09. The molecule has 1 aliphatic heterocycles. The molecular formula is C14H18O4. The summed E-state index contributed by atoms with van der Waals surface area (Å²) in [7, 11) is 0. The van der Waals surface area contributed by atoms with Gasteiger partial charge < -0.3 is 14.2 Å². The number of benzene rings is 1. The van der Waals surface area contributed by atoms with Gasteiger partial charge in [-0.15, -0.1) is 0 Å². The van der Waals surface area contributed by atoms with Crippen molar-refractivity contribution in [3.05, 3.63) is 35.9 Å². The normalized spacial score (nSPS) is 28.0. The number of ether oxygens (including phenoxy) is 3. The highest BCUT2D eigenvalue weighted by Crippen LogP contribution is 2.18. The van der Waals surface area contributed by atoms with Crippen molar-refractivity contribution in [2.24, 2.45) is 0 Å². The topological polar surface area (TPSA) is 44.8 Å². The van der Waals surface area contributed by atoms with Gasteiger partial charge in [0, 0.05) is 0 Å². The molecule has 18 heavy (non-hydrogen) atoms. The Morgan fingerprint density at radius 1 is 1.39 bits per heavy atom. The van der Waals surface area contributed by atoms with Crippen LogP contribution in [0.1, 0.15) is 19.4 Å². The van der Waals surface area contributed by atoms with E-state index in [1.165, 1.54) is 6.92 Å². The van der Waals surface area contributed by atoms with Gasteiger partial charge in [0.05, 0.1) is 13.2 Å². The summed E-state index contributed by atoms with van der Waals surface area (Å²) in [6.45, 7) is 4.14. The number of hydrogen-bond donors (Lipinski definition) is 0. The quantitative estimate of drug-likeness (QED) is 0.819. The third kappa shape index (κ3) is 3.38. The largest absolute Gasteiger partial charge is 0.368 e. The van der Waals surface area contributed by atoms with Crippen LogP contribution < -0.4 is 0 Å². The van der Waals surface area contributed by atoms with Crippen molar-refractivity contribution >= 4 is 5.78 Å². The Balaban J connectivity index is 1.93. The fourth-order valence-corrected chi connectivity index (χ4v) is 1.92. The van der Waals surface area contributed by atoms with Gasteiger partial charge in [0.15, 0.2) is 12.1 Å². The molecular weight excluding hydrogens is 232 g/mol. The van der Waals surface area contributed by atoms with Crippen LogP contribution in [-0.4, -0.2) is 30.9 Å². The van der Waals surface area contributed by atoms with Crippen LogP contribution in [0, 0.1) is 0 Å². The van der Waals surface area contributed by atoms with Crippen LogP contribution in [0.25, 0.3) is 0 Å². The first-order valence-electron chi connectivity index (χ1n) is 6.10. The standard InChI is InChI=1S/C14H18O4/c1-10(15)14-13(9-16-11(2)18-14)17-8-12-6-4-3-5-7-12/h3-7,11,13-14H,8-9H2,1-2H3/t11-,13-,14+/m1/s1. The molecule has 0 spiro atoms. The fourth-order valence-electron chi connectivity index (χ4n) is 1.92. The molecule has 4 heteroatoms. The Morgan fingerprint density at radius 2 is 2.11 bits per heavy atom. The molecule has 4 nitrogen and oxygen atoms in total. The maximum atomic E-state index is 11.5. The fraction of sp³-hybridized carbons (Fsp3) is 0.500. The van der Waals surface area contributed by atoms with E-state index in [-0.39, 0.29) is 18.2 Å². The molecule has 0 aromatic heterocycles. The summed E-state index contributed by atoms with van der Waals surface area (Å²) < 4.78 is 16.5. The van der Waals surface area contributed by atoms with E-state index >= 15 is 0 Å². The third-order valence-electron chi connectivity index (χ3n) is 2.88. The minimum absolute atomic E-state index is 0.0248. The smallest absolute Gasteiger partial charge is 0.161 e. The Hall–Kier alpha value is -1.23. The summed E-state index contributed by atoms with van der Waals surface area (Å²) in [5.74, 6) is -0.0248. The minimum atomic E-state index is -0.530. The third-order valence-corrected chi connectivity index (χ3v) is 2.88. The van der Waals surface area contributed by atoms with Gasteiger partial charge >= 0.3 is 0 Å². The zero-order valence-electron chi connectivity index (χ0n) is 10.7. The molecule has 1 saturated heterocycles. The summed E-state index contributed by atoms with van der Waals surface area (Å²) in [5, 5.41) is 0. The summed E-state index contributed by atoms with van der Waals surface area (Å²) in [6, 6.07) is 9.83. The molecule has 0 N–H and O–H groups in total. The monoisotopic (exact) mass is 250 g/mol. The van der Waals surface area contributed by atoms with E-state index in [0.29, 0.717) is 13.2 Å². The first-order valence-corrected chi connectivity index (χ1v) is 6.10. The Kier molecular flexibility index (Phi) is 4.47. The van der Waals surface area contributed by atoms with Gasteiger partial charge in [0.25, 0.3) is 0 Å². The molecule has 1 aliphatic rings. The van der Waals surface area contributed by atoms with Crippen molar-refractivity contribution in [1.82, 2.24) is 0 Å². The summed E-state index contributed by atoms with van der Waals surface area (Å²) in [6.07, 6.45) is -1.22. The number of ketones is 1. The number of carbonyl (C=O) groups excluding carboxylic acids is 1. The van der Waals surface area contributed by atoms with Crippen LogP contribution in [0.2, 0.25) is 0 Å². The summed E-state index contributed by atoms with van der Waals surface area (Å²) in [5.41, 5.74) is 1.07. The molecule has 0 saturated carbocycles. The molecule has 1 aromatic rings. The maximum Gasteiger partial charge on any atom is 0.161 e. The molecule has 1 aromatic carbocycles. The van der Waals surface area contributed by atoms with Crippen molar-refractivity contribution < 1.29 is 19.0 Å². The lowest BCUT2D eigenvalue weighted by atomic mass is 10.1. The van der Waals surface area contributed by atoms with Crippen LogP contribution >= 0.6 is 0 Å². The molecule has 0 amide bonds. The lowest BCUT2D eigenvalue weighted by Crippen LogP contribution is -2.47. The first-order chi connectivity index (χ1) is 8.66. The summed E-state index contributed by atoms with van der Waals surface area (Å²) in [4.78, 5) is 11.5. The van der Waals surface area contributed by atoms with Gasteiger partial charge in [-0.2, -0.15) is 0 Å². The van der Waals surface area contributed by atoms with E-state index in [0.717, 1.165) is 5.56 Å². The van der Waals surface area contributed by atoms with Gasteiger partial charge in [-0.1, -0.05) is 30.3 Å². The molecule has 98 valence electrons. The molecule has 0 aliphatic carbocycles. The molecule has 1 fully saturated rings. The molecule has 3 atom stereocenters. The van der Waals surface area contributed by atoms with Crippen LogP contribution in [0.4, 0.5) is 0 Å². The number of carbonyl (C=O) groups is 1. The van der Waals surface area contributed by atoms with Crippen molar-refractivity contribution in [2.45, 2.75) is 39.0 Å². The van der Waals surface area contributed by atoms with Crippen molar-refractivity contribution in [2.75, 3.05) is 6.61 Å². The number of hydrogen-bond acceptors (Lipinski definition) is 4. The van der Waals surface area contributed by atoms with Gasteiger partial charge in [0.1, 0.15) is 12.2 Å². The van der Waals surface area contributed by atoms with E-state index in [4.69, 9.17) is 14.2 Å². The van der Waals surface area contributed by atoms with E-state index in [1.54, 1.807) is 6.92 Å². The summed E-state index contributed by atoms with van der Waals surface area (Å²) >= 11 is 0. The average Bonchev–Trinajstić information content (AvgIpc) is 2.38. The maximum absolute atomic E-state index is 11.5. The lowest BCUT2D eigenvalue weighted by molar-refractivity contribution is -0.249. The Morgan fingerprint density at radius 3 is 2.78 bits per heavy atom. The van der Waals surface area contributed by atoms with Crippen LogP contribution in [-0.2, 0) is 25.6 Å². The van der Waals surface area contributed by atoms with Crippen molar-refractivity contribution in [3.8, 4) is 0 Å². The predicted molar refractivity (Wildman–Crippen MR) is 66.0 cm³/mol. The van der Waals surface area contributed by atoms with Crippen molar-refractivity contribution in [3.63, 3.8) is 0 Å². The molecule has 2 rings (SSSR count). The number of rotatable bonds is 4. The molecule has 0 unspecified atom stereocenters.